The van der Waals surface area contributed by atoms with Gasteiger partial charge < -0.3 is 24.0 Å². The molecular formula is C22H27N7O4. The van der Waals surface area contributed by atoms with Crippen molar-refractivity contribution in [2.45, 2.75) is 13.5 Å². The molecule has 0 radical (unpaired) electrons. The minimum absolute atomic E-state index is 0.0619. The van der Waals surface area contributed by atoms with E-state index in [9.17, 15) is 4.79 Å². The molecule has 0 N–H and O–H groups in total. The molecule has 2 aromatic heterocycles. The van der Waals surface area contributed by atoms with Crippen molar-refractivity contribution in [3.05, 3.63) is 30.1 Å². The second kappa shape index (κ2) is 9.72. The number of carbonyl (C=O) groups excluding carboxylic acids is 1. The Morgan fingerprint density at radius 3 is 2.33 bits per heavy atom. The number of benzene rings is 1. The van der Waals surface area contributed by atoms with E-state index in [2.05, 4.69) is 25.2 Å². The maximum absolute atomic E-state index is 12.8. The van der Waals surface area contributed by atoms with Crippen LogP contribution in [-0.4, -0.2) is 83.3 Å². The Balaban J connectivity index is 1.43. The van der Waals surface area contributed by atoms with Crippen molar-refractivity contribution in [1.29, 1.82) is 0 Å². The molecule has 1 aliphatic heterocycles. The molecule has 0 unspecified atom stereocenters. The highest BCUT2D eigenvalue weighted by Gasteiger charge is 2.24. The minimum atomic E-state index is -0.0619. The zero-order chi connectivity index (χ0) is 23.4. The van der Waals surface area contributed by atoms with Crippen molar-refractivity contribution >= 4 is 29.0 Å². The van der Waals surface area contributed by atoms with Crippen molar-refractivity contribution in [3.8, 4) is 17.2 Å². The van der Waals surface area contributed by atoms with Crippen LogP contribution in [-0.2, 0) is 11.3 Å². The third kappa shape index (κ3) is 4.38. The summed E-state index contributed by atoms with van der Waals surface area (Å²) in [5.41, 5.74) is 2.18. The molecule has 0 bridgehead atoms. The van der Waals surface area contributed by atoms with E-state index in [-0.39, 0.29) is 5.91 Å². The van der Waals surface area contributed by atoms with Crippen molar-refractivity contribution in [2.75, 3.05) is 52.4 Å². The Morgan fingerprint density at radius 1 is 1.03 bits per heavy atom. The summed E-state index contributed by atoms with van der Waals surface area (Å²) in [4.78, 5) is 25.4. The summed E-state index contributed by atoms with van der Waals surface area (Å²) in [6, 6.07) is 3.60. The van der Waals surface area contributed by atoms with E-state index in [1.807, 2.05) is 11.8 Å². The molecule has 0 aliphatic carbocycles. The number of anilines is 1. The summed E-state index contributed by atoms with van der Waals surface area (Å²) in [5.74, 6) is 2.27. The standard InChI is InChI=1S/C22H27N7O4/c1-5-29-22-19(25-26-29)21(23-14-24-22)28-10-8-27(9-11-28)18(30)7-6-15-12-16(31-2)20(33-4)17(13-15)32-3/h6-7,12-14H,5,8-11H2,1-4H3/b7-6-. The molecular weight excluding hydrogens is 426 g/mol. The lowest BCUT2D eigenvalue weighted by atomic mass is 10.1. The van der Waals surface area contributed by atoms with Crippen LogP contribution in [0.1, 0.15) is 12.5 Å². The molecule has 0 saturated carbocycles. The van der Waals surface area contributed by atoms with E-state index in [4.69, 9.17) is 14.2 Å². The topological polar surface area (TPSA) is 108 Å². The molecule has 1 saturated heterocycles. The van der Waals surface area contributed by atoms with E-state index >= 15 is 0 Å². The van der Waals surface area contributed by atoms with Gasteiger partial charge in [0.25, 0.3) is 0 Å². The van der Waals surface area contributed by atoms with Gasteiger partial charge in [0.1, 0.15) is 6.33 Å². The maximum atomic E-state index is 12.8. The fraction of sp³-hybridized carbons (Fsp3) is 0.409. The summed E-state index contributed by atoms with van der Waals surface area (Å²) < 4.78 is 17.8. The third-order valence-electron chi connectivity index (χ3n) is 5.58. The predicted octanol–water partition coefficient (Wildman–Crippen LogP) is 1.63. The maximum Gasteiger partial charge on any atom is 0.246 e. The fourth-order valence-corrected chi connectivity index (χ4v) is 3.83. The van der Waals surface area contributed by atoms with Crippen LogP contribution in [0, 0.1) is 0 Å². The number of hydrogen-bond acceptors (Lipinski definition) is 9. The van der Waals surface area contributed by atoms with Crippen molar-refractivity contribution in [3.63, 3.8) is 0 Å². The summed E-state index contributed by atoms with van der Waals surface area (Å²) in [5, 5.41) is 8.39. The minimum Gasteiger partial charge on any atom is -0.493 e. The van der Waals surface area contributed by atoms with Crippen LogP contribution in [0.25, 0.3) is 17.2 Å². The van der Waals surface area contributed by atoms with Gasteiger partial charge in [-0.1, -0.05) is 5.21 Å². The fourth-order valence-electron chi connectivity index (χ4n) is 3.83. The van der Waals surface area contributed by atoms with Gasteiger partial charge in [-0.15, -0.1) is 5.10 Å². The van der Waals surface area contributed by atoms with Gasteiger partial charge in [0.05, 0.1) is 21.3 Å². The third-order valence-corrected chi connectivity index (χ3v) is 5.58. The predicted molar refractivity (Wildman–Crippen MR) is 123 cm³/mol. The van der Waals surface area contributed by atoms with Crippen LogP contribution in [0.5, 0.6) is 17.2 Å². The lowest BCUT2D eigenvalue weighted by Crippen LogP contribution is -2.48. The number of rotatable bonds is 7. The largest absolute Gasteiger partial charge is 0.493 e. The zero-order valence-electron chi connectivity index (χ0n) is 19.2. The Morgan fingerprint density at radius 2 is 1.73 bits per heavy atom. The van der Waals surface area contributed by atoms with Crippen LogP contribution in [0.2, 0.25) is 0 Å². The molecule has 1 aliphatic rings. The summed E-state index contributed by atoms with van der Waals surface area (Å²) in [7, 11) is 4.67. The lowest BCUT2D eigenvalue weighted by molar-refractivity contribution is -0.126. The van der Waals surface area contributed by atoms with Gasteiger partial charge in [-0.25, -0.2) is 14.6 Å². The second-order valence-electron chi connectivity index (χ2n) is 7.38. The summed E-state index contributed by atoms with van der Waals surface area (Å²) >= 11 is 0. The number of amides is 1. The first-order valence-electron chi connectivity index (χ1n) is 10.7. The van der Waals surface area contributed by atoms with Gasteiger partial charge in [-0.2, -0.15) is 0 Å². The quantitative estimate of drug-likeness (QED) is 0.493. The number of ether oxygens (including phenoxy) is 3. The number of methoxy groups -OCH3 is 3. The Kier molecular flexibility index (Phi) is 6.57. The van der Waals surface area contributed by atoms with Crippen LogP contribution in [0.15, 0.2) is 24.5 Å². The average molecular weight is 454 g/mol. The van der Waals surface area contributed by atoms with Gasteiger partial charge in [-0.05, 0) is 30.7 Å². The summed E-state index contributed by atoms with van der Waals surface area (Å²) in [6.07, 6.45) is 4.84. The molecule has 1 fully saturated rings. The molecule has 1 aromatic carbocycles. The molecule has 4 rings (SSSR count). The molecule has 3 heterocycles. The number of aryl methyl sites for hydroxylation is 1. The highest BCUT2D eigenvalue weighted by atomic mass is 16.5. The van der Waals surface area contributed by atoms with Crippen LogP contribution in [0.4, 0.5) is 5.82 Å². The lowest BCUT2D eigenvalue weighted by Gasteiger charge is -2.34. The Hall–Kier alpha value is -3.89. The highest BCUT2D eigenvalue weighted by Crippen LogP contribution is 2.38. The number of hydrogen-bond donors (Lipinski definition) is 0. The van der Waals surface area contributed by atoms with Gasteiger partial charge >= 0.3 is 0 Å². The molecule has 11 nitrogen and oxygen atoms in total. The highest BCUT2D eigenvalue weighted by molar-refractivity contribution is 5.92. The van der Waals surface area contributed by atoms with Crippen LogP contribution >= 0.6 is 0 Å². The van der Waals surface area contributed by atoms with Crippen molar-refractivity contribution in [2.24, 2.45) is 0 Å². The first-order chi connectivity index (χ1) is 16.1. The first-order valence-corrected chi connectivity index (χ1v) is 10.7. The number of piperazine rings is 1. The Labute approximate surface area is 191 Å². The van der Waals surface area contributed by atoms with E-state index in [1.165, 1.54) is 6.33 Å². The molecule has 1 amide bonds. The van der Waals surface area contributed by atoms with Crippen LogP contribution < -0.4 is 19.1 Å². The molecule has 174 valence electrons. The van der Waals surface area contributed by atoms with E-state index < -0.39 is 0 Å². The zero-order valence-corrected chi connectivity index (χ0v) is 19.2. The van der Waals surface area contributed by atoms with Gasteiger partial charge in [0.15, 0.2) is 28.5 Å². The van der Waals surface area contributed by atoms with Crippen molar-refractivity contribution < 1.29 is 19.0 Å². The second-order valence-corrected chi connectivity index (χ2v) is 7.38. The SMILES string of the molecule is CCn1nnc2c(N3CCN(C(=O)/C=C\c4cc(OC)c(OC)c(OC)c4)CC3)ncnc21. The van der Waals surface area contributed by atoms with E-state index in [1.54, 1.807) is 50.3 Å². The molecule has 0 spiro atoms. The average Bonchev–Trinajstić information content (AvgIpc) is 3.30. The molecule has 33 heavy (non-hydrogen) atoms. The molecule has 0 atom stereocenters. The number of nitrogens with zero attached hydrogens (tertiary/aromatic N) is 7. The molecule has 3 aromatic rings. The smallest absolute Gasteiger partial charge is 0.246 e. The summed E-state index contributed by atoms with van der Waals surface area (Å²) in [6.45, 7) is 5.13. The first kappa shape index (κ1) is 22.3. The van der Waals surface area contributed by atoms with E-state index in [0.717, 1.165) is 11.4 Å². The Bertz CT molecular complexity index is 1140. The van der Waals surface area contributed by atoms with Crippen LogP contribution in [0.3, 0.4) is 0 Å². The van der Waals surface area contributed by atoms with E-state index in [0.29, 0.717) is 61.1 Å². The van der Waals surface area contributed by atoms with Crippen molar-refractivity contribution in [1.82, 2.24) is 29.9 Å². The number of aromatic nitrogens is 5. The normalized spacial score (nSPS) is 14.2. The van der Waals surface area contributed by atoms with Gasteiger partial charge in [-0.3, -0.25) is 4.79 Å². The number of carbonyl (C=O) groups is 1. The molecule has 11 heteroatoms. The van der Waals surface area contributed by atoms with Gasteiger partial charge in [0.2, 0.25) is 11.7 Å². The van der Waals surface area contributed by atoms with Gasteiger partial charge in [0, 0.05) is 38.8 Å². The monoisotopic (exact) mass is 453 g/mol. The number of fused-ring (bicyclic) bond motifs is 1.